The smallest absolute Gasteiger partial charge is 0.201 e. The number of halogens is 2. The van der Waals surface area contributed by atoms with Crippen LogP contribution in [0.5, 0.6) is 5.75 Å². The van der Waals surface area contributed by atoms with Crippen molar-refractivity contribution in [1.82, 2.24) is 0 Å². The molecule has 0 bridgehead atoms. The number of benzene rings is 2. The highest BCUT2D eigenvalue weighted by atomic mass is 19.2. The number of ether oxygens (including phenoxy) is 1. The highest BCUT2D eigenvalue weighted by molar-refractivity contribution is 5.65. The molecule has 0 amide bonds. The molecule has 0 aliphatic heterocycles. The first-order valence-electron chi connectivity index (χ1n) is 11.7. The van der Waals surface area contributed by atoms with Crippen LogP contribution in [0, 0.1) is 17.6 Å². The lowest BCUT2D eigenvalue weighted by Gasteiger charge is -2.19. The maximum Gasteiger partial charge on any atom is 0.201 e. The van der Waals surface area contributed by atoms with Crippen LogP contribution >= 0.6 is 0 Å². The summed E-state index contributed by atoms with van der Waals surface area (Å²) in [5, 5.41) is 0. The second-order valence-corrected chi connectivity index (χ2v) is 8.34. The Bertz CT molecular complexity index is 896. The third kappa shape index (κ3) is 6.53. The molecule has 1 unspecified atom stereocenters. The first kappa shape index (κ1) is 23.2. The van der Waals surface area contributed by atoms with Crippen molar-refractivity contribution < 1.29 is 13.5 Å². The van der Waals surface area contributed by atoms with Crippen LogP contribution in [0.2, 0.25) is 0 Å². The Morgan fingerprint density at radius 1 is 1.00 bits per heavy atom. The molecular weight excluding hydrogens is 390 g/mol. The molecule has 2 aromatic carbocycles. The summed E-state index contributed by atoms with van der Waals surface area (Å²) < 4.78 is 33.7. The van der Waals surface area contributed by atoms with Gasteiger partial charge in [0.2, 0.25) is 5.82 Å². The van der Waals surface area contributed by atoms with Gasteiger partial charge < -0.3 is 4.74 Å². The molecule has 0 fully saturated rings. The van der Waals surface area contributed by atoms with Crippen LogP contribution in [0.15, 0.2) is 60.2 Å². The zero-order chi connectivity index (χ0) is 22.1. The predicted octanol–water partition coefficient (Wildman–Crippen LogP) is 8.44. The fourth-order valence-electron chi connectivity index (χ4n) is 4.13. The molecule has 166 valence electrons. The number of hydrogen-bond donors (Lipinski definition) is 0. The summed E-state index contributed by atoms with van der Waals surface area (Å²) in [7, 11) is 0. The summed E-state index contributed by atoms with van der Waals surface area (Å²) in [6, 6.07) is 10.8. The van der Waals surface area contributed by atoms with Crippen molar-refractivity contribution in [2.24, 2.45) is 5.92 Å². The molecule has 0 N–H and O–H groups in total. The fourth-order valence-corrected chi connectivity index (χ4v) is 4.13. The lowest BCUT2D eigenvalue weighted by Crippen LogP contribution is -2.03. The molecule has 1 atom stereocenters. The standard InChI is InChI=1S/C28H34F2O/c1-3-5-8-21-11-13-22(14-12-21)9-6-7-10-23-15-17-24(18-16-23)25-19-20-26(31-4-2)28(30)27(25)29/h6,9,11,15-20,22H,3-5,7-8,10,12-14H2,1-2H3/b9-6+. The Labute approximate surface area is 185 Å². The van der Waals surface area contributed by atoms with Crippen LogP contribution in [0.25, 0.3) is 11.1 Å². The van der Waals surface area contributed by atoms with E-state index in [2.05, 4.69) is 25.2 Å². The summed E-state index contributed by atoms with van der Waals surface area (Å²) >= 11 is 0. The number of aryl methyl sites for hydroxylation is 1. The Balaban J connectivity index is 1.51. The second kappa shape index (κ2) is 11.8. The van der Waals surface area contributed by atoms with Gasteiger partial charge in [-0.05, 0) is 81.0 Å². The van der Waals surface area contributed by atoms with E-state index in [1.807, 2.05) is 24.3 Å². The van der Waals surface area contributed by atoms with Gasteiger partial charge in [-0.15, -0.1) is 0 Å². The second-order valence-electron chi connectivity index (χ2n) is 8.34. The van der Waals surface area contributed by atoms with Gasteiger partial charge >= 0.3 is 0 Å². The molecule has 31 heavy (non-hydrogen) atoms. The molecule has 0 radical (unpaired) electrons. The van der Waals surface area contributed by atoms with E-state index in [-0.39, 0.29) is 11.3 Å². The first-order chi connectivity index (χ1) is 15.1. The lowest BCUT2D eigenvalue weighted by atomic mass is 9.87. The van der Waals surface area contributed by atoms with Crippen molar-refractivity contribution in [2.75, 3.05) is 6.61 Å². The number of rotatable bonds is 10. The predicted molar refractivity (Wildman–Crippen MR) is 125 cm³/mol. The highest BCUT2D eigenvalue weighted by Gasteiger charge is 2.15. The zero-order valence-corrected chi connectivity index (χ0v) is 18.8. The van der Waals surface area contributed by atoms with Crippen molar-refractivity contribution in [3.63, 3.8) is 0 Å². The van der Waals surface area contributed by atoms with Gasteiger partial charge in [0, 0.05) is 5.56 Å². The van der Waals surface area contributed by atoms with Gasteiger partial charge in [0.1, 0.15) is 0 Å². The van der Waals surface area contributed by atoms with Crippen molar-refractivity contribution in [3.05, 3.63) is 77.4 Å². The minimum atomic E-state index is -0.927. The van der Waals surface area contributed by atoms with Crippen LogP contribution in [-0.2, 0) is 6.42 Å². The Kier molecular flexibility index (Phi) is 8.87. The van der Waals surface area contributed by atoms with Crippen LogP contribution in [0.3, 0.4) is 0 Å². The maximum atomic E-state index is 14.4. The minimum absolute atomic E-state index is 0.0437. The van der Waals surface area contributed by atoms with E-state index >= 15 is 0 Å². The van der Waals surface area contributed by atoms with E-state index < -0.39 is 11.6 Å². The van der Waals surface area contributed by atoms with Crippen LogP contribution in [0.4, 0.5) is 8.78 Å². The Morgan fingerprint density at radius 3 is 2.48 bits per heavy atom. The van der Waals surface area contributed by atoms with Gasteiger partial charge in [-0.25, -0.2) is 4.39 Å². The average Bonchev–Trinajstić information content (AvgIpc) is 2.80. The third-order valence-electron chi connectivity index (χ3n) is 6.02. The Hall–Kier alpha value is -2.42. The number of hydrogen-bond acceptors (Lipinski definition) is 1. The zero-order valence-electron chi connectivity index (χ0n) is 18.8. The van der Waals surface area contributed by atoms with Crippen molar-refractivity contribution in [1.29, 1.82) is 0 Å². The number of unbranched alkanes of at least 4 members (excludes halogenated alkanes) is 1. The molecule has 2 aromatic rings. The SMILES string of the molecule is CCCCC1=CCC(/C=C/CCc2ccc(-c3ccc(OCC)c(F)c3F)cc2)CC1. The highest BCUT2D eigenvalue weighted by Crippen LogP contribution is 2.30. The fraction of sp³-hybridized carbons (Fsp3) is 0.429. The summed E-state index contributed by atoms with van der Waals surface area (Å²) in [6.07, 6.45) is 16.6. The molecule has 1 aliphatic rings. The van der Waals surface area contributed by atoms with Gasteiger partial charge in [0.25, 0.3) is 0 Å². The third-order valence-corrected chi connectivity index (χ3v) is 6.02. The van der Waals surface area contributed by atoms with Gasteiger partial charge in [-0.3, -0.25) is 0 Å². The topological polar surface area (TPSA) is 9.23 Å². The monoisotopic (exact) mass is 424 g/mol. The van der Waals surface area contributed by atoms with E-state index in [4.69, 9.17) is 4.74 Å². The first-order valence-corrected chi connectivity index (χ1v) is 11.7. The average molecular weight is 425 g/mol. The molecule has 3 rings (SSSR count). The molecular formula is C28H34F2O. The van der Waals surface area contributed by atoms with E-state index in [1.54, 1.807) is 18.6 Å². The molecule has 3 heteroatoms. The largest absolute Gasteiger partial charge is 0.491 e. The van der Waals surface area contributed by atoms with Gasteiger partial charge in [0.05, 0.1) is 6.61 Å². The van der Waals surface area contributed by atoms with Crippen LogP contribution in [-0.4, -0.2) is 6.61 Å². The van der Waals surface area contributed by atoms with Crippen molar-refractivity contribution in [3.8, 4) is 16.9 Å². The van der Waals surface area contributed by atoms with E-state index in [0.29, 0.717) is 18.1 Å². The van der Waals surface area contributed by atoms with Gasteiger partial charge in [0.15, 0.2) is 11.6 Å². The minimum Gasteiger partial charge on any atom is -0.491 e. The molecule has 1 aliphatic carbocycles. The molecule has 0 aromatic heterocycles. The summed E-state index contributed by atoms with van der Waals surface area (Å²) in [4.78, 5) is 0. The van der Waals surface area contributed by atoms with E-state index in [1.165, 1.54) is 50.2 Å². The number of allylic oxidation sites excluding steroid dienone is 4. The molecule has 1 nitrogen and oxygen atoms in total. The normalized spacial score (nSPS) is 16.5. The summed E-state index contributed by atoms with van der Waals surface area (Å²) in [6.45, 7) is 4.30. The molecule has 0 heterocycles. The van der Waals surface area contributed by atoms with E-state index in [9.17, 15) is 8.78 Å². The van der Waals surface area contributed by atoms with Crippen molar-refractivity contribution in [2.45, 2.75) is 65.2 Å². The van der Waals surface area contributed by atoms with Crippen LogP contribution in [0.1, 0.15) is 64.4 Å². The van der Waals surface area contributed by atoms with E-state index in [0.717, 1.165) is 12.8 Å². The molecule has 0 spiro atoms. The Morgan fingerprint density at radius 2 is 1.81 bits per heavy atom. The summed E-state index contributed by atoms with van der Waals surface area (Å²) in [5.74, 6) is -1.16. The molecule has 0 saturated carbocycles. The van der Waals surface area contributed by atoms with Gasteiger partial charge in [-0.1, -0.05) is 61.4 Å². The maximum absolute atomic E-state index is 14.4. The van der Waals surface area contributed by atoms with Gasteiger partial charge in [-0.2, -0.15) is 4.39 Å². The molecule has 0 saturated heterocycles. The lowest BCUT2D eigenvalue weighted by molar-refractivity contribution is 0.314. The summed E-state index contributed by atoms with van der Waals surface area (Å²) in [5.41, 5.74) is 3.78. The van der Waals surface area contributed by atoms with Crippen LogP contribution < -0.4 is 4.74 Å². The quantitative estimate of drug-likeness (QED) is 0.348. The van der Waals surface area contributed by atoms with Crippen molar-refractivity contribution >= 4 is 0 Å².